The second kappa shape index (κ2) is 6.25. The van der Waals surface area contributed by atoms with E-state index >= 15 is 0 Å². The van der Waals surface area contributed by atoms with Gasteiger partial charge in [-0.05, 0) is 0 Å². The van der Waals surface area contributed by atoms with Gasteiger partial charge in [0, 0.05) is 0 Å². The van der Waals surface area contributed by atoms with Crippen molar-refractivity contribution in [3.63, 3.8) is 0 Å². The van der Waals surface area contributed by atoms with E-state index in [0.717, 1.165) is 39.0 Å². The van der Waals surface area contributed by atoms with Crippen LogP contribution >= 0.6 is 0 Å². The Bertz CT molecular complexity index is 160. The van der Waals surface area contributed by atoms with E-state index in [9.17, 15) is 5.11 Å². The van der Waals surface area contributed by atoms with E-state index in [4.69, 9.17) is 0 Å². The van der Waals surface area contributed by atoms with E-state index in [0.29, 0.717) is 0 Å². The van der Waals surface area contributed by atoms with Gasteiger partial charge in [0.2, 0.25) is 0 Å². The molecule has 4 heteroatoms. The molecule has 1 aliphatic heterocycles. The Balaban J connectivity index is 2.38. The molecule has 14 heavy (non-hydrogen) atoms. The van der Waals surface area contributed by atoms with Crippen LogP contribution in [0.25, 0.3) is 0 Å². The number of aliphatic hydroxyl groups is 1. The molecule has 2 N–H and O–H groups in total. The minimum absolute atomic E-state index is 0.156. The van der Waals surface area contributed by atoms with Crippen molar-refractivity contribution in [2.75, 3.05) is 30.6 Å². The standard InChI is InChI=1S/C10H22IN2O/c1-3-11-13(4-2)9-10(14)5-7-12-8-6-10/h12,14H,3-9H2,1-2H3/q-1. The van der Waals surface area contributed by atoms with Crippen molar-refractivity contribution in [1.82, 2.24) is 8.43 Å². The summed E-state index contributed by atoms with van der Waals surface area (Å²) in [6, 6.07) is 0. The van der Waals surface area contributed by atoms with Gasteiger partial charge in [0.15, 0.2) is 0 Å². The molecule has 0 spiro atoms. The van der Waals surface area contributed by atoms with Gasteiger partial charge >= 0.3 is 97.9 Å². The number of alkyl halides is 1. The first kappa shape index (κ1) is 12.7. The molecule has 1 aliphatic rings. The SMILES string of the molecule is CC[I-]N(CC)CC1(O)CCNCC1. The molecule has 1 heterocycles. The van der Waals surface area contributed by atoms with E-state index in [1.807, 2.05) is 0 Å². The normalized spacial score (nSPS) is 21.7. The van der Waals surface area contributed by atoms with Crippen molar-refractivity contribution in [2.24, 2.45) is 0 Å². The molecule has 0 amide bonds. The fourth-order valence-electron chi connectivity index (χ4n) is 1.78. The molecule has 1 rings (SSSR count). The number of hydrogen-bond acceptors (Lipinski definition) is 3. The Kier molecular flexibility index (Phi) is 5.66. The maximum atomic E-state index is 10.3. The van der Waals surface area contributed by atoms with Gasteiger partial charge in [0.05, 0.1) is 0 Å². The molecular weight excluding hydrogens is 291 g/mol. The first-order valence-electron chi connectivity index (χ1n) is 5.47. The molecule has 0 aromatic carbocycles. The Hall–Kier alpha value is 0.610. The summed E-state index contributed by atoms with van der Waals surface area (Å²) in [5, 5.41) is 13.6. The van der Waals surface area contributed by atoms with E-state index in [2.05, 4.69) is 22.3 Å². The first-order valence-corrected chi connectivity index (χ1v) is 7.96. The number of nitrogens with zero attached hydrogens (tertiary/aromatic N) is 1. The summed E-state index contributed by atoms with van der Waals surface area (Å²) in [6.45, 7) is 8.36. The van der Waals surface area contributed by atoms with Gasteiger partial charge in [-0.2, -0.15) is 0 Å². The molecular formula is C10H22IN2O-. The van der Waals surface area contributed by atoms with Crippen molar-refractivity contribution in [3.05, 3.63) is 0 Å². The Labute approximate surface area is 97.9 Å². The minimum atomic E-state index is -0.407. The number of nitrogens with one attached hydrogen (secondary N) is 1. The van der Waals surface area contributed by atoms with Crippen LogP contribution in [-0.4, -0.2) is 44.4 Å². The van der Waals surface area contributed by atoms with Gasteiger partial charge in [0.25, 0.3) is 0 Å². The van der Waals surface area contributed by atoms with Crippen LogP contribution in [0.2, 0.25) is 0 Å². The molecule has 0 saturated carbocycles. The topological polar surface area (TPSA) is 35.5 Å². The van der Waals surface area contributed by atoms with Crippen LogP contribution in [-0.2, 0) is 0 Å². The summed E-state index contributed by atoms with van der Waals surface area (Å²) in [5.41, 5.74) is -0.407. The van der Waals surface area contributed by atoms with Crippen molar-refractivity contribution in [1.29, 1.82) is 0 Å². The van der Waals surface area contributed by atoms with Gasteiger partial charge in [-0.3, -0.25) is 0 Å². The van der Waals surface area contributed by atoms with Gasteiger partial charge in [-0.15, -0.1) is 0 Å². The first-order chi connectivity index (χ1) is 6.70. The van der Waals surface area contributed by atoms with Crippen molar-refractivity contribution < 1.29 is 26.6 Å². The summed E-state index contributed by atoms with van der Waals surface area (Å²) in [5.74, 6) is 0. The van der Waals surface area contributed by atoms with Crippen LogP contribution in [0.4, 0.5) is 0 Å². The number of likely N-dealkylation sites (N-methyl/N-ethyl adjacent to an activating group) is 1. The maximum absolute atomic E-state index is 10.3. The average Bonchev–Trinajstić information content (AvgIpc) is 2.18. The quantitative estimate of drug-likeness (QED) is 0.333. The zero-order chi connectivity index (χ0) is 10.4. The Morgan fingerprint density at radius 3 is 2.50 bits per heavy atom. The Morgan fingerprint density at radius 2 is 2.00 bits per heavy atom. The van der Waals surface area contributed by atoms with Gasteiger partial charge in [0.1, 0.15) is 0 Å². The van der Waals surface area contributed by atoms with Crippen LogP contribution in [0.1, 0.15) is 26.7 Å². The molecule has 0 aliphatic carbocycles. The fourth-order valence-corrected chi connectivity index (χ4v) is 4.10. The Morgan fingerprint density at radius 1 is 1.36 bits per heavy atom. The molecule has 86 valence electrons. The van der Waals surface area contributed by atoms with E-state index in [1.54, 1.807) is 0 Å². The van der Waals surface area contributed by atoms with Crippen LogP contribution in [0, 0.1) is 0 Å². The second-order valence-electron chi connectivity index (χ2n) is 3.80. The molecule has 0 bridgehead atoms. The molecule has 1 fully saturated rings. The predicted molar refractivity (Wildman–Crippen MR) is 54.8 cm³/mol. The summed E-state index contributed by atoms with van der Waals surface area (Å²) in [7, 11) is 0. The van der Waals surface area contributed by atoms with Crippen molar-refractivity contribution in [2.45, 2.75) is 32.3 Å². The van der Waals surface area contributed by atoms with Crippen LogP contribution in [0.15, 0.2) is 0 Å². The second-order valence-corrected chi connectivity index (χ2v) is 7.37. The van der Waals surface area contributed by atoms with E-state index in [-0.39, 0.29) is 21.5 Å². The van der Waals surface area contributed by atoms with Crippen LogP contribution in [0.5, 0.6) is 0 Å². The van der Waals surface area contributed by atoms with Crippen molar-refractivity contribution >= 4 is 0 Å². The molecule has 0 unspecified atom stereocenters. The predicted octanol–water partition coefficient (Wildman–Crippen LogP) is -2.55. The third-order valence-electron chi connectivity index (χ3n) is 2.63. The van der Waals surface area contributed by atoms with Crippen LogP contribution < -0.4 is 26.8 Å². The third kappa shape index (κ3) is 4.00. The summed E-state index contributed by atoms with van der Waals surface area (Å²) in [6.07, 6.45) is 1.83. The third-order valence-corrected chi connectivity index (χ3v) is 5.30. The average molecular weight is 313 g/mol. The molecule has 1 saturated heterocycles. The fraction of sp³-hybridized carbons (Fsp3) is 1.00. The molecule has 0 radical (unpaired) electrons. The molecule has 3 nitrogen and oxygen atoms in total. The van der Waals surface area contributed by atoms with Gasteiger partial charge in [-0.25, -0.2) is 0 Å². The number of hydrogen-bond donors (Lipinski definition) is 2. The molecule has 0 atom stereocenters. The summed E-state index contributed by atoms with van der Waals surface area (Å²) >= 11 is 0.156. The zero-order valence-corrected chi connectivity index (χ0v) is 11.4. The molecule has 0 aromatic rings. The number of rotatable bonds is 5. The number of halogens is 1. The molecule has 0 aromatic heterocycles. The zero-order valence-electron chi connectivity index (χ0n) is 9.22. The van der Waals surface area contributed by atoms with Crippen molar-refractivity contribution in [3.8, 4) is 0 Å². The van der Waals surface area contributed by atoms with E-state index < -0.39 is 5.60 Å². The van der Waals surface area contributed by atoms with E-state index in [1.165, 1.54) is 4.43 Å². The summed E-state index contributed by atoms with van der Waals surface area (Å²) < 4.78 is 3.74. The van der Waals surface area contributed by atoms with Gasteiger partial charge < -0.3 is 0 Å². The monoisotopic (exact) mass is 313 g/mol. The van der Waals surface area contributed by atoms with Gasteiger partial charge in [-0.1, -0.05) is 0 Å². The number of piperidine rings is 1. The van der Waals surface area contributed by atoms with Crippen LogP contribution in [0.3, 0.4) is 0 Å². The summed E-state index contributed by atoms with van der Waals surface area (Å²) in [4.78, 5) is 0.